The lowest BCUT2D eigenvalue weighted by molar-refractivity contribution is 0.0713. The van der Waals surface area contributed by atoms with Gasteiger partial charge in [-0.2, -0.15) is 0 Å². The van der Waals surface area contributed by atoms with E-state index in [4.69, 9.17) is 11.6 Å². The van der Waals surface area contributed by atoms with E-state index in [0.717, 1.165) is 17.3 Å². The smallest absolute Gasteiger partial charge is 0.253 e. The van der Waals surface area contributed by atoms with E-state index in [9.17, 15) is 4.79 Å². The Bertz CT molecular complexity index is 538. The fourth-order valence-corrected chi connectivity index (χ4v) is 4.45. The van der Waals surface area contributed by atoms with Gasteiger partial charge >= 0.3 is 0 Å². The molecule has 0 aliphatic heterocycles. The van der Waals surface area contributed by atoms with E-state index in [1.165, 1.54) is 6.42 Å². The lowest BCUT2D eigenvalue weighted by atomic mass is 9.63. The Morgan fingerprint density at radius 2 is 1.81 bits per heavy atom. The molecule has 116 valence electrons. The van der Waals surface area contributed by atoms with E-state index in [2.05, 4.69) is 48.9 Å². The molecule has 1 amide bonds. The highest BCUT2D eigenvalue weighted by atomic mass is 79.9. The molecule has 0 aromatic heterocycles. The zero-order valence-electron chi connectivity index (χ0n) is 13.1. The van der Waals surface area contributed by atoms with Crippen molar-refractivity contribution >= 4 is 33.4 Å². The van der Waals surface area contributed by atoms with E-state index < -0.39 is 0 Å². The van der Waals surface area contributed by atoms with Crippen molar-refractivity contribution in [3.05, 3.63) is 33.3 Å². The molecule has 0 heterocycles. The molecule has 0 saturated heterocycles. The normalized spacial score (nSPS) is 21.0. The van der Waals surface area contributed by atoms with Gasteiger partial charge in [-0.05, 0) is 48.3 Å². The first-order valence-corrected chi connectivity index (χ1v) is 8.51. The number of hydrogen-bond acceptors (Lipinski definition) is 1. The monoisotopic (exact) mass is 371 g/mol. The van der Waals surface area contributed by atoms with Gasteiger partial charge < -0.3 is 5.32 Å². The van der Waals surface area contributed by atoms with Gasteiger partial charge in [0, 0.05) is 10.5 Å². The summed E-state index contributed by atoms with van der Waals surface area (Å²) in [7, 11) is 0. The predicted octanol–water partition coefficient (Wildman–Crippen LogP) is 5.44. The number of nitrogens with one attached hydrogen (secondary N) is 1. The van der Waals surface area contributed by atoms with Crippen molar-refractivity contribution in [1.82, 2.24) is 5.32 Å². The van der Waals surface area contributed by atoms with Crippen LogP contribution >= 0.6 is 27.5 Å². The number of benzene rings is 1. The highest BCUT2D eigenvalue weighted by Crippen LogP contribution is 2.45. The second kappa shape index (κ2) is 5.92. The Kier molecular flexibility index (Phi) is 4.75. The van der Waals surface area contributed by atoms with E-state index >= 15 is 0 Å². The number of carbonyl (C=O) groups excluding carboxylic acids is 1. The molecule has 1 aromatic rings. The van der Waals surface area contributed by atoms with Crippen LogP contribution in [0.15, 0.2) is 22.7 Å². The van der Waals surface area contributed by atoms with Crippen LogP contribution in [-0.4, -0.2) is 11.9 Å². The molecule has 1 aromatic carbocycles. The molecule has 0 spiro atoms. The van der Waals surface area contributed by atoms with E-state index in [0.29, 0.717) is 10.6 Å². The van der Waals surface area contributed by atoms with E-state index in [1.54, 1.807) is 12.1 Å². The third-order valence-corrected chi connectivity index (χ3v) is 4.89. The molecule has 2 rings (SSSR count). The lowest BCUT2D eigenvalue weighted by Gasteiger charge is -2.45. The van der Waals surface area contributed by atoms with Gasteiger partial charge in [-0.25, -0.2) is 0 Å². The van der Waals surface area contributed by atoms with Crippen molar-refractivity contribution in [3.63, 3.8) is 0 Å². The molecule has 0 atom stereocenters. The standard InChI is InChI=1S/C17H23BrClNO/c1-16(2)8-12(9-17(3,4)10-16)20-15(21)13-7-11(18)5-6-14(13)19/h5-7,12H,8-10H2,1-4H3,(H,20,21). The van der Waals surface area contributed by atoms with Crippen molar-refractivity contribution in [1.29, 1.82) is 0 Å². The summed E-state index contributed by atoms with van der Waals surface area (Å²) in [6, 6.07) is 5.56. The van der Waals surface area contributed by atoms with Crippen LogP contribution in [0, 0.1) is 10.8 Å². The van der Waals surface area contributed by atoms with Gasteiger partial charge in [0.15, 0.2) is 0 Å². The van der Waals surface area contributed by atoms with Gasteiger partial charge in [0.2, 0.25) is 0 Å². The van der Waals surface area contributed by atoms with Crippen LogP contribution in [-0.2, 0) is 0 Å². The van der Waals surface area contributed by atoms with Crippen molar-refractivity contribution in [2.75, 3.05) is 0 Å². The minimum absolute atomic E-state index is 0.0835. The summed E-state index contributed by atoms with van der Waals surface area (Å²) in [6.45, 7) is 9.11. The fraction of sp³-hybridized carbons (Fsp3) is 0.588. The summed E-state index contributed by atoms with van der Waals surface area (Å²) in [5.74, 6) is -0.0835. The molecule has 21 heavy (non-hydrogen) atoms. The number of halogens is 2. The van der Waals surface area contributed by atoms with Crippen LogP contribution in [0.3, 0.4) is 0 Å². The second-order valence-electron chi connectivity index (χ2n) is 7.71. The zero-order valence-corrected chi connectivity index (χ0v) is 15.4. The van der Waals surface area contributed by atoms with Gasteiger partial charge in [-0.1, -0.05) is 55.2 Å². The molecule has 1 fully saturated rings. The van der Waals surface area contributed by atoms with Gasteiger partial charge in [0.25, 0.3) is 5.91 Å². The van der Waals surface area contributed by atoms with Crippen LogP contribution in [0.25, 0.3) is 0 Å². The van der Waals surface area contributed by atoms with Crippen LogP contribution in [0.5, 0.6) is 0 Å². The third-order valence-electron chi connectivity index (χ3n) is 4.06. The average Bonchev–Trinajstić information content (AvgIpc) is 2.27. The summed E-state index contributed by atoms with van der Waals surface area (Å²) in [4.78, 5) is 12.5. The first kappa shape index (κ1) is 16.8. The van der Waals surface area contributed by atoms with Crippen molar-refractivity contribution in [2.24, 2.45) is 10.8 Å². The summed E-state index contributed by atoms with van der Waals surface area (Å²) in [5.41, 5.74) is 1.04. The third kappa shape index (κ3) is 4.46. The summed E-state index contributed by atoms with van der Waals surface area (Å²) >= 11 is 9.53. The molecular weight excluding hydrogens is 350 g/mol. The molecule has 0 radical (unpaired) electrons. The predicted molar refractivity (Wildman–Crippen MR) is 91.8 cm³/mol. The Balaban J connectivity index is 2.14. The minimum Gasteiger partial charge on any atom is -0.349 e. The van der Waals surface area contributed by atoms with E-state index in [1.807, 2.05) is 6.07 Å². The molecule has 0 bridgehead atoms. The number of amides is 1. The quantitative estimate of drug-likeness (QED) is 0.736. The van der Waals surface area contributed by atoms with Crippen LogP contribution in [0.2, 0.25) is 5.02 Å². The van der Waals surface area contributed by atoms with Crippen molar-refractivity contribution in [3.8, 4) is 0 Å². The van der Waals surface area contributed by atoms with Gasteiger partial charge in [0.05, 0.1) is 10.6 Å². The lowest BCUT2D eigenvalue weighted by Crippen LogP contribution is -2.46. The van der Waals surface area contributed by atoms with Crippen molar-refractivity contribution < 1.29 is 4.79 Å². The maximum Gasteiger partial charge on any atom is 0.253 e. The summed E-state index contributed by atoms with van der Waals surface area (Å²) in [5, 5.41) is 3.66. The summed E-state index contributed by atoms with van der Waals surface area (Å²) in [6.07, 6.45) is 3.20. The largest absolute Gasteiger partial charge is 0.349 e. The Labute approximate surface area is 140 Å². The molecule has 1 N–H and O–H groups in total. The van der Waals surface area contributed by atoms with Gasteiger partial charge in [-0.15, -0.1) is 0 Å². The Morgan fingerprint density at radius 1 is 1.24 bits per heavy atom. The topological polar surface area (TPSA) is 29.1 Å². The second-order valence-corrected chi connectivity index (χ2v) is 9.03. The molecule has 1 aliphatic carbocycles. The average molecular weight is 373 g/mol. The fourth-order valence-electron chi connectivity index (χ4n) is 3.88. The van der Waals surface area contributed by atoms with Crippen LogP contribution < -0.4 is 5.32 Å². The van der Waals surface area contributed by atoms with Crippen LogP contribution in [0.1, 0.15) is 57.3 Å². The highest BCUT2D eigenvalue weighted by molar-refractivity contribution is 9.10. The SMILES string of the molecule is CC1(C)CC(NC(=O)c2cc(Br)ccc2Cl)CC(C)(C)C1. The van der Waals surface area contributed by atoms with Crippen molar-refractivity contribution in [2.45, 2.75) is 53.0 Å². The molecule has 0 unspecified atom stereocenters. The van der Waals surface area contributed by atoms with Gasteiger partial charge in [0.1, 0.15) is 0 Å². The maximum atomic E-state index is 12.5. The number of rotatable bonds is 2. The molecule has 2 nitrogen and oxygen atoms in total. The summed E-state index contributed by atoms with van der Waals surface area (Å²) < 4.78 is 0.862. The Hall–Kier alpha value is -0.540. The number of carbonyl (C=O) groups is 1. The van der Waals surface area contributed by atoms with Gasteiger partial charge in [-0.3, -0.25) is 4.79 Å². The minimum atomic E-state index is -0.0835. The zero-order chi connectivity index (χ0) is 15.8. The Morgan fingerprint density at radius 3 is 2.38 bits per heavy atom. The first-order valence-electron chi connectivity index (χ1n) is 7.34. The first-order chi connectivity index (χ1) is 9.58. The maximum absolute atomic E-state index is 12.5. The molecule has 1 aliphatic rings. The molecular formula is C17H23BrClNO. The highest BCUT2D eigenvalue weighted by Gasteiger charge is 2.39. The molecule has 4 heteroatoms. The number of hydrogen-bond donors (Lipinski definition) is 1. The van der Waals surface area contributed by atoms with E-state index in [-0.39, 0.29) is 22.8 Å². The van der Waals surface area contributed by atoms with Crippen LogP contribution in [0.4, 0.5) is 0 Å². The molecule has 1 saturated carbocycles.